The lowest BCUT2D eigenvalue weighted by Crippen LogP contribution is -2.20. The number of benzene rings is 1. The van der Waals surface area contributed by atoms with Crippen molar-refractivity contribution in [2.45, 2.75) is 20.2 Å². The molecule has 0 spiro atoms. The number of hydrogen-bond donors (Lipinski definition) is 0. The smallest absolute Gasteiger partial charge is 0.246 e. The minimum atomic E-state index is -0.318. The minimum absolute atomic E-state index is 0.318. The Bertz CT molecular complexity index is 425. The molecule has 3 nitrogen and oxygen atoms in total. The number of ether oxygens (including phenoxy) is 1. The van der Waals surface area contributed by atoms with Gasteiger partial charge in [0, 0.05) is 6.61 Å². The highest BCUT2D eigenvalue weighted by Gasteiger charge is 2.08. The van der Waals surface area contributed by atoms with E-state index < -0.39 is 0 Å². The van der Waals surface area contributed by atoms with Crippen LogP contribution in [0.15, 0.2) is 28.2 Å². The lowest BCUT2D eigenvalue weighted by molar-refractivity contribution is 0.0750. The molecule has 0 aliphatic carbocycles. The molecule has 0 aromatic heterocycles. The topological polar surface area (TPSA) is 34.0 Å². The summed E-state index contributed by atoms with van der Waals surface area (Å²) in [4.78, 5) is 8.61. The second kappa shape index (κ2) is 3.26. The monoisotopic (exact) mass is 176 g/mol. The van der Waals surface area contributed by atoms with E-state index in [1.54, 1.807) is 0 Å². The first-order valence-corrected chi connectivity index (χ1v) is 4.43. The highest BCUT2D eigenvalue weighted by Crippen LogP contribution is 1.97. The van der Waals surface area contributed by atoms with Crippen LogP contribution in [-0.2, 0) is 4.74 Å². The van der Waals surface area contributed by atoms with Crippen molar-refractivity contribution in [1.29, 1.82) is 0 Å². The van der Waals surface area contributed by atoms with Gasteiger partial charge in [0.1, 0.15) is 0 Å². The molecule has 1 aliphatic rings. The summed E-state index contributed by atoms with van der Waals surface area (Å²) in [6.45, 7) is 4.63. The predicted molar refractivity (Wildman–Crippen MR) is 48.9 cm³/mol. The van der Waals surface area contributed by atoms with Crippen molar-refractivity contribution in [2.24, 2.45) is 9.98 Å². The zero-order valence-corrected chi connectivity index (χ0v) is 7.82. The van der Waals surface area contributed by atoms with Crippen molar-refractivity contribution >= 4 is 0 Å². The molecule has 1 unspecified atom stereocenters. The molecule has 0 amide bonds. The molecule has 1 atom stereocenters. The lowest BCUT2D eigenvalue weighted by Gasteiger charge is -2.00. The molecule has 3 heteroatoms. The van der Waals surface area contributed by atoms with E-state index in [9.17, 15) is 0 Å². The second-order valence-corrected chi connectivity index (χ2v) is 3.03. The van der Waals surface area contributed by atoms with Crippen LogP contribution < -0.4 is 10.7 Å². The molecule has 0 bridgehead atoms. The highest BCUT2D eigenvalue weighted by molar-refractivity contribution is 5.13. The first-order valence-electron chi connectivity index (χ1n) is 4.43. The summed E-state index contributed by atoms with van der Waals surface area (Å²) in [5.74, 6) is 0. The normalized spacial score (nSPS) is 19.1. The van der Waals surface area contributed by atoms with Gasteiger partial charge in [-0.1, -0.05) is 6.07 Å². The van der Waals surface area contributed by atoms with Crippen LogP contribution in [0.4, 0.5) is 0 Å². The Morgan fingerprint density at radius 3 is 2.85 bits per heavy atom. The average molecular weight is 176 g/mol. The molecule has 0 radical (unpaired) electrons. The summed E-state index contributed by atoms with van der Waals surface area (Å²) < 4.78 is 5.29. The second-order valence-electron chi connectivity index (χ2n) is 3.03. The fourth-order valence-electron chi connectivity index (χ4n) is 1.34. The maximum Gasteiger partial charge on any atom is 0.246 e. The third-order valence-corrected chi connectivity index (χ3v) is 1.95. The van der Waals surface area contributed by atoms with E-state index >= 15 is 0 Å². The molecule has 0 saturated carbocycles. The van der Waals surface area contributed by atoms with Gasteiger partial charge in [-0.05, 0) is 31.5 Å². The number of aryl methyl sites for hydroxylation is 1. The third kappa shape index (κ3) is 1.60. The fraction of sp³-hybridized carbons (Fsp3) is 0.400. The summed E-state index contributed by atoms with van der Waals surface area (Å²) in [6, 6.07) is 6.04. The summed E-state index contributed by atoms with van der Waals surface area (Å²) >= 11 is 0. The van der Waals surface area contributed by atoms with Gasteiger partial charge in [0.2, 0.25) is 6.35 Å². The maximum atomic E-state index is 5.29. The molecule has 0 fully saturated rings. The van der Waals surface area contributed by atoms with Gasteiger partial charge >= 0.3 is 0 Å². The van der Waals surface area contributed by atoms with Crippen LogP contribution in [0.1, 0.15) is 12.5 Å². The predicted octanol–water partition coefficient (Wildman–Crippen LogP) is 0.568. The van der Waals surface area contributed by atoms with E-state index in [-0.39, 0.29) is 6.35 Å². The molecule has 0 N–H and O–H groups in total. The number of hydrogen-bond acceptors (Lipinski definition) is 3. The fourth-order valence-corrected chi connectivity index (χ4v) is 1.34. The van der Waals surface area contributed by atoms with Gasteiger partial charge in [0.15, 0.2) is 0 Å². The van der Waals surface area contributed by atoms with Gasteiger partial charge in [-0.15, -0.1) is 0 Å². The van der Waals surface area contributed by atoms with E-state index in [0.717, 1.165) is 10.7 Å². The van der Waals surface area contributed by atoms with Gasteiger partial charge < -0.3 is 4.74 Å². The van der Waals surface area contributed by atoms with Crippen molar-refractivity contribution in [2.75, 3.05) is 6.61 Å². The maximum absolute atomic E-state index is 5.29. The largest absolute Gasteiger partial charge is 0.338 e. The van der Waals surface area contributed by atoms with E-state index in [0.29, 0.717) is 6.61 Å². The molecule has 0 saturated heterocycles. The molecule has 1 aromatic carbocycles. The molecule has 2 rings (SSSR count). The van der Waals surface area contributed by atoms with Gasteiger partial charge in [-0.3, -0.25) is 0 Å². The summed E-state index contributed by atoms with van der Waals surface area (Å²) in [5.41, 5.74) is 1.20. The average Bonchev–Trinajstić information content (AvgIpc) is 2.46. The number of fused-ring (bicyclic) bond motifs is 1. The zero-order chi connectivity index (χ0) is 9.26. The third-order valence-electron chi connectivity index (χ3n) is 1.95. The van der Waals surface area contributed by atoms with Crippen LogP contribution in [0.3, 0.4) is 0 Å². The van der Waals surface area contributed by atoms with E-state index in [4.69, 9.17) is 4.74 Å². The van der Waals surface area contributed by atoms with Crippen molar-refractivity contribution in [1.82, 2.24) is 0 Å². The first kappa shape index (κ1) is 8.38. The van der Waals surface area contributed by atoms with E-state index in [1.807, 2.05) is 32.0 Å². The Kier molecular flexibility index (Phi) is 2.10. The molecule has 13 heavy (non-hydrogen) atoms. The van der Waals surface area contributed by atoms with Crippen molar-refractivity contribution in [3.63, 3.8) is 0 Å². The molecule has 1 heterocycles. The van der Waals surface area contributed by atoms with Gasteiger partial charge in [0.25, 0.3) is 0 Å². The van der Waals surface area contributed by atoms with Crippen molar-refractivity contribution < 1.29 is 4.74 Å². The van der Waals surface area contributed by atoms with Crippen molar-refractivity contribution in [3.8, 4) is 0 Å². The van der Waals surface area contributed by atoms with Gasteiger partial charge in [-0.2, -0.15) is 0 Å². The van der Waals surface area contributed by atoms with Gasteiger partial charge in [0.05, 0.1) is 10.7 Å². The molecule has 1 aliphatic heterocycles. The van der Waals surface area contributed by atoms with Crippen LogP contribution >= 0.6 is 0 Å². The Morgan fingerprint density at radius 1 is 1.31 bits per heavy atom. The van der Waals surface area contributed by atoms with E-state index in [1.165, 1.54) is 5.56 Å². The quantitative estimate of drug-likeness (QED) is 0.648. The molecular weight excluding hydrogens is 164 g/mol. The SMILES string of the molecule is CCOC1N=c2ccc(C)cc2=N1. The van der Waals surface area contributed by atoms with Gasteiger partial charge in [-0.25, -0.2) is 9.98 Å². The first-order chi connectivity index (χ1) is 6.29. The number of rotatable bonds is 2. The summed E-state index contributed by atoms with van der Waals surface area (Å²) in [5, 5.41) is 1.88. The van der Waals surface area contributed by atoms with Crippen LogP contribution in [0.2, 0.25) is 0 Å². The van der Waals surface area contributed by atoms with Crippen molar-refractivity contribution in [3.05, 3.63) is 34.5 Å². The molecule has 68 valence electrons. The van der Waals surface area contributed by atoms with Crippen LogP contribution in [0, 0.1) is 6.92 Å². The Balaban J connectivity index is 2.43. The summed E-state index contributed by atoms with van der Waals surface area (Å²) in [6.07, 6.45) is -0.318. The standard InChI is InChI=1S/C10H12N2O/c1-3-13-10-11-8-5-4-7(2)6-9(8)12-10/h4-6,10H,3H2,1-2H3. The van der Waals surface area contributed by atoms with Crippen LogP contribution in [0.5, 0.6) is 0 Å². The number of nitrogens with zero attached hydrogens (tertiary/aromatic N) is 2. The molecular formula is C10H12N2O. The highest BCUT2D eigenvalue weighted by atomic mass is 16.5. The zero-order valence-electron chi connectivity index (χ0n) is 7.82. The Morgan fingerprint density at radius 2 is 2.08 bits per heavy atom. The Labute approximate surface area is 76.8 Å². The molecule has 1 aromatic rings. The Hall–Kier alpha value is -1.22. The van der Waals surface area contributed by atoms with Crippen LogP contribution in [-0.4, -0.2) is 13.0 Å². The minimum Gasteiger partial charge on any atom is -0.338 e. The summed E-state index contributed by atoms with van der Waals surface area (Å²) in [7, 11) is 0. The lowest BCUT2D eigenvalue weighted by atomic mass is 10.2. The van der Waals surface area contributed by atoms with Crippen LogP contribution in [0.25, 0.3) is 0 Å². The van der Waals surface area contributed by atoms with E-state index in [2.05, 4.69) is 9.98 Å².